The van der Waals surface area contributed by atoms with Crippen LogP contribution in [0, 0.1) is 24.7 Å². The van der Waals surface area contributed by atoms with Gasteiger partial charge in [-0.15, -0.1) is 24.7 Å². The van der Waals surface area contributed by atoms with E-state index in [1.165, 1.54) is 0 Å². The Morgan fingerprint density at radius 1 is 0.676 bits per heavy atom. The van der Waals surface area contributed by atoms with Gasteiger partial charge in [0.25, 0.3) is 0 Å². The number of carbonyl (C=O) groups is 2. The number of hydrogen-bond donors (Lipinski definition) is 2. The van der Waals surface area contributed by atoms with Gasteiger partial charge in [0, 0.05) is 60.0 Å². The van der Waals surface area contributed by atoms with Crippen molar-refractivity contribution in [3.8, 4) is 24.7 Å². The van der Waals surface area contributed by atoms with Crippen LogP contribution in [0.2, 0.25) is 0 Å². The number of terminal acetylenes is 2. The standard InChI is InChI=1S/C32H37N3O2/c1-4-6-8-10-12-14-16-31(36)33-27-20-18-25-22-26-19-21-28(24-30(26)35(3)29(25)23-27)34-32(37)17-15-13-11-9-7-5-2/h1-2,18-24H,6-17H2,3H3,(H,33,34,36,37)/p+1. The first-order chi connectivity index (χ1) is 18.0. The van der Waals surface area contributed by atoms with Gasteiger partial charge >= 0.3 is 0 Å². The van der Waals surface area contributed by atoms with Crippen LogP contribution < -0.4 is 15.2 Å². The van der Waals surface area contributed by atoms with Crippen LogP contribution in [-0.2, 0) is 16.6 Å². The third-order valence-corrected chi connectivity index (χ3v) is 6.61. The summed E-state index contributed by atoms with van der Waals surface area (Å²) in [6.07, 6.45) is 21.1. The van der Waals surface area contributed by atoms with Gasteiger partial charge in [-0.25, -0.2) is 0 Å². The second-order valence-corrected chi connectivity index (χ2v) is 9.58. The van der Waals surface area contributed by atoms with E-state index < -0.39 is 0 Å². The van der Waals surface area contributed by atoms with E-state index in [9.17, 15) is 9.59 Å². The molecule has 192 valence electrons. The molecular formula is C32H38N3O2+. The lowest BCUT2D eigenvalue weighted by Gasteiger charge is -2.09. The summed E-state index contributed by atoms with van der Waals surface area (Å²) in [4.78, 5) is 24.8. The molecule has 5 heteroatoms. The van der Waals surface area contributed by atoms with Crippen LogP contribution >= 0.6 is 0 Å². The molecular weight excluding hydrogens is 458 g/mol. The SMILES string of the molecule is C#CCCCCCCC(=O)Nc1ccc2cc3ccc(NC(=O)CCCCCCC#C)cc3[n+](C)c2c1. The molecule has 2 aromatic carbocycles. The third-order valence-electron chi connectivity index (χ3n) is 6.61. The lowest BCUT2D eigenvalue weighted by molar-refractivity contribution is -0.617. The number of amides is 2. The fourth-order valence-electron chi connectivity index (χ4n) is 4.54. The van der Waals surface area contributed by atoms with Crippen LogP contribution in [0.5, 0.6) is 0 Å². The topological polar surface area (TPSA) is 62.1 Å². The summed E-state index contributed by atoms with van der Waals surface area (Å²) in [5.41, 5.74) is 3.59. The van der Waals surface area contributed by atoms with Crippen molar-refractivity contribution in [2.45, 2.75) is 77.0 Å². The van der Waals surface area contributed by atoms with Gasteiger partial charge in [-0.3, -0.25) is 9.59 Å². The fraction of sp³-hybridized carbons (Fsp3) is 0.406. The highest BCUT2D eigenvalue weighted by molar-refractivity contribution is 5.97. The molecule has 0 spiro atoms. The Bertz CT molecular complexity index is 1220. The molecule has 37 heavy (non-hydrogen) atoms. The van der Waals surface area contributed by atoms with Crippen molar-refractivity contribution >= 4 is 45.0 Å². The molecule has 3 rings (SSSR count). The molecule has 1 heterocycles. The molecule has 0 unspecified atom stereocenters. The summed E-state index contributed by atoms with van der Waals surface area (Å²) < 4.78 is 2.10. The van der Waals surface area contributed by atoms with Crippen molar-refractivity contribution in [1.29, 1.82) is 0 Å². The third kappa shape index (κ3) is 8.65. The molecule has 0 fully saturated rings. The van der Waals surface area contributed by atoms with Crippen molar-refractivity contribution in [3.63, 3.8) is 0 Å². The Morgan fingerprint density at radius 2 is 1.11 bits per heavy atom. The van der Waals surface area contributed by atoms with Crippen molar-refractivity contribution < 1.29 is 14.2 Å². The number of rotatable bonds is 14. The second kappa shape index (κ2) is 14.7. The van der Waals surface area contributed by atoms with Gasteiger partial charge in [0.1, 0.15) is 7.05 Å². The number of aryl methyl sites for hydroxylation is 1. The lowest BCUT2D eigenvalue weighted by atomic mass is 10.1. The molecule has 0 bridgehead atoms. The van der Waals surface area contributed by atoms with E-state index in [2.05, 4.69) is 33.1 Å². The lowest BCUT2D eigenvalue weighted by Crippen LogP contribution is -2.30. The predicted octanol–water partition coefficient (Wildman–Crippen LogP) is 6.64. The molecule has 0 aliphatic rings. The van der Waals surface area contributed by atoms with Gasteiger partial charge in [-0.2, -0.15) is 4.57 Å². The van der Waals surface area contributed by atoms with Crippen molar-refractivity contribution in [3.05, 3.63) is 42.5 Å². The van der Waals surface area contributed by atoms with Crippen molar-refractivity contribution in [1.82, 2.24) is 0 Å². The average molecular weight is 497 g/mol. The van der Waals surface area contributed by atoms with E-state index >= 15 is 0 Å². The Balaban J connectivity index is 1.63. The number of hydrogen-bond acceptors (Lipinski definition) is 2. The normalized spacial score (nSPS) is 10.7. The maximum absolute atomic E-state index is 12.4. The maximum atomic E-state index is 12.4. The van der Waals surface area contributed by atoms with Crippen LogP contribution in [0.15, 0.2) is 42.5 Å². The predicted molar refractivity (Wildman–Crippen MR) is 153 cm³/mol. The van der Waals surface area contributed by atoms with E-state index in [0.29, 0.717) is 12.8 Å². The van der Waals surface area contributed by atoms with Crippen LogP contribution in [-0.4, -0.2) is 11.8 Å². The summed E-state index contributed by atoms with van der Waals surface area (Å²) >= 11 is 0. The molecule has 1 aromatic heterocycles. The van der Waals surface area contributed by atoms with Crippen molar-refractivity contribution in [2.75, 3.05) is 10.6 Å². The highest BCUT2D eigenvalue weighted by atomic mass is 16.2. The van der Waals surface area contributed by atoms with E-state index in [1.54, 1.807) is 0 Å². The van der Waals surface area contributed by atoms with E-state index in [0.717, 1.165) is 97.4 Å². The average Bonchev–Trinajstić information content (AvgIpc) is 2.89. The van der Waals surface area contributed by atoms with Gasteiger partial charge < -0.3 is 10.6 Å². The number of anilines is 2. The molecule has 0 atom stereocenters. The quantitative estimate of drug-likeness (QED) is 0.114. The zero-order valence-corrected chi connectivity index (χ0v) is 21.9. The minimum atomic E-state index is 0.0285. The maximum Gasteiger partial charge on any atom is 0.224 e. The highest BCUT2D eigenvalue weighted by Gasteiger charge is 2.14. The van der Waals surface area contributed by atoms with E-state index in [4.69, 9.17) is 12.8 Å². The number of benzene rings is 2. The van der Waals surface area contributed by atoms with Crippen LogP contribution in [0.3, 0.4) is 0 Å². The number of nitrogens with one attached hydrogen (secondary N) is 2. The summed E-state index contributed by atoms with van der Waals surface area (Å²) in [7, 11) is 2.01. The summed E-state index contributed by atoms with van der Waals surface area (Å²) in [6, 6.07) is 14.1. The van der Waals surface area contributed by atoms with Crippen molar-refractivity contribution in [2.24, 2.45) is 7.05 Å². The Morgan fingerprint density at radius 3 is 1.54 bits per heavy atom. The zero-order chi connectivity index (χ0) is 26.5. The first-order valence-corrected chi connectivity index (χ1v) is 13.3. The number of fused-ring (bicyclic) bond motifs is 2. The highest BCUT2D eigenvalue weighted by Crippen LogP contribution is 2.24. The first-order valence-electron chi connectivity index (χ1n) is 13.3. The number of carbonyl (C=O) groups excluding carboxylic acids is 2. The first kappa shape index (κ1) is 27.8. The van der Waals surface area contributed by atoms with Crippen LogP contribution in [0.25, 0.3) is 21.8 Å². The zero-order valence-electron chi connectivity index (χ0n) is 21.9. The summed E-state index contributed by atoms with van der Waals surface area (Å²) in [5.74, 6) is 5.36. The summed E-state index contributed by atoms with van der Waals surface area (Å²) in [6.45, 7) is 0. The van der Waals surface area contributed by atoms with Gasteiger partial charge in [-0.05, 0) is 56.0 Å². The Labute approximate surface area is 221 Å². The molecule has 3 aromatic rings. The largest absolute Gasteiger partial charge is 0.326 e. The minimum Gasteiger partial charge on any atom is -0.326 e. The molecule has 2 amide bonds. The monoisotopic (exact) mass is 496 g/mol. The van der Waals surface area contributed by atoms with Gasteiger partial charge in [0.2, 0.25) is 22.8 Å². The second-order valence-electron chi connectivity index (χ2n) is 9.58. The number of aromatic nitrogens is 1. The minimum absolute atomic E-state index is 0.0285. The van der Waals surface area contributed by atoms with E-state index in [-0.39, 0.29) is 11.8 Å². The number of nitrogens with zero attached hydrogens (tertiary/aromatic N) is 1. The Kier molecular flexibility index (Phi) is 11.0. The Hall–Kier alpha value is -3.83. The molecule has 5 nitrogen and oxygen atoms in total. The van der Waals surface area contributed by atoms with E-state index in [1.807, 2.05) is 43.4 Å². The van der Waals surface area contributed by atoms with Gasteiger partial charge in [0.05, 0.1) is 0 Å². The van der Waals surface area contributed by atoms with Gasteiger partial charge in [0.15, 0.2) is 0 Å². The van der Waals surface area contributed by atoms with Gasteiger partial charge in [-0.1, -0.05) is 25.7 Å². The molecule has 0 aliphatic heterocycles. The molecule has 0 radical (unpaired) electrons. The summed E-state index contributed by atoms with van der Waals surface area (Å²) in [5, 5.41) is 8.24. The molecule has 0 saturated heterocycles. The number of unbranched alkanes of at least 4 members (excludes halogenated alkanes) is 8. The molecule has 0 aliphatic carbocycles. The smallest absolute Gasteiger partial charge is 0.224 e. The van der Waals surface area contributed by atoms with Crippen LogP contribution in [0.4, 0.5) is 11.4 Å². The molecule has 2 N–H and O–H groups in total. The molecule has 0 saturated carbocycles. The van der Waals surface area contributed by atoms with Crippen LogP contribution in [0.1, 0.15) is 77.0 Å². The number of pyridine rings is 1. The fourth-order valence-corrected chi connectivity index (χ4v) is 4.54.